The van der Waals surface area contributed by atoms with E-state index in [0.717, 1.165) is 58.1 Å². The zero-order valence-corrected chi connectivity index (χ0v) is 22.0. The van der Waals surface area contributed by atoms with Crippen LogP contribution in [0.4, 0.5) is 5.82 Å². The smallest absolute Gasteiger partial charge is 0.177 e. The maximum atomic E-state index is 13.1. The number of hydrogen-bond donors (Lipinski definition) is 2. The van der Waals surface area contributed by atoms with Crippen molar-refractivity contribution >= 4 is 62.5 Å². The van der Waals surface area contributed by atoms with Crippen molar-refractivity contribution in [3.05, 3.63) is 44.2 Å². The Balaban J connectivity index is 1.40. The fraction of sp³-hybridized carbons (Fsp3) is 0.500. The number of hydrogen-bond acceptors (Lipinski definition) is 6. The molecule has 1 aliphatic carbocycles. The van der Waals surface area contributed by atoms with E-state index in [1.54, 1.807) is 0 Å². The SMILES string of the molecule is CC(C)(C)[S@@+]([O-])N[C@@H]1c2cc(Cl)ccc2CC12CCN(c1cnc3c(I)n[nH]c3n1)CC2. The van der Waals surface area contributed by atoms with Crippen LogP contribution in [0.3, 0.4) is 0 Å². The molecule has 5 rings (SSSR count). The zero-order chi connectivity index (χ0) is 22.7. The van der Waals surface area contributed by atoms with E-state index in [2.05, 4.69) is 59.5 Å². The largest absolute Gasteiger partial charge is 0.598 e. The van der Waals surface area contributed by atoms with Crippen LogP contribution in [0.2, 0.25) is 5.02 Å². The number of anilines is 1. The summed E-state index contributed by atoms with van der Waals surface area (Å²) in [5.74, 6) is 0.869. The van der Waals surface area contributed by atoms with E-state index in [1.807, 2.05) is 33.0 Å². The highest BCUT2D eigenvalue weighted by atomic mass is 127. The van der Waals surface area contributed by atoms with Gasteiger partial charge in [-0.1, -0.05) is 17.7 Å². The lowest BCUT2D eigenvalue weighted by molar-refractivity contribution is 0.176. The molecule has 2 aromatic heterocycles. The van der Waals surface area contributed by atoms with E-state index >= 15 is 0 Å². The highest BCUT2D eigenvalue weighted by molar-refractivity contribution is 14.1. The molecule has 170 valence electrons. The van der Waals surface area contributed by atoms with Gasteiger partial charge < -0.3 is 9.45 Å². The highest BCUT2D eigenvalue weighted by Crippen LogP contribution is 2.53. The van der Waals surface area contributed by atoms with Gasteiger partial charge in [0.25, 0.3) is 0 Å². The number of piperidine rings is 1. The Morgan fingerprint density at radius 1 is 1.31 bits per heavy atom. The number of aromatic amines is 1. The lowest BCUT2D eigenvalue weighted by atomic mass is 9.73. The summed E-state index contributed by atoms with van der Waals surface area (Å²) < 4.78 is 17.1. The predicted molar refractivity (Wildman–Crippen MR) is 137 cm³/mol. The Kier molecular flexibility index (Phi) is 5.85. The van der Waals surface area contributed by atoms with Gasteiger partial charge in [-0.2, -0.15) is 5.10 Å². The van der Waals surface area contributed by atoms with Crippen molar-refractivity contribution in [2.75, 3.05) is 18.0 Å². The first-order valence-corrected chi connectivity index (χ1v) is 13.3. The van der Waals surface area contributed by atoms with E-state index < -0.39 is 11.4 Å². The van der Waals surface area contributed by atoms with Crippen LogP contribution in [-0.2, 0) is 17.8 Å². The number of rotatable bonds is 3. The standard InChI is InChI=1S/C22H26ClIN6OS/c1-21(2,3)32(31)29-18-15-10-14(23)5-4-13(15)11-22(18)6-8-30(9-7-22)16-12-25-17-19(24)27-28-20(17)26-16/h4-5,10,12,18,29H,6-9,11H2,1-3H3,(H,26,27,28)/t18-,32-/m1/s1. The van der Waals surface area contributed by atoms with E-state index in [9.17, 15) is 4.55 Å². The number of aromatic nitrogens is 4. The molecule has 0 bridgehead atoms. The molecule has 3 heterocycles. The van der Waals surface area contributed by atoms with E-state index in [-0.39, 0.29) is 16.2 Å². The third kappa shape index (κ3) is 4.00. The van der Waals surface area contributed by atoms with Crippen molar-refractivity contribution in [2.45, 2.75) is 50.8 Å². The summed E-state index contributed by atoms with van der Waals surface area (Å²) in [4.78, 5) is 11.6. The summed E-state index contributed by atoms with van der Waals surface area (Å²) in [6.07, 6.45) is 4.75. The Labute approximate surface area is 209 Å². The van der Waals surface area contributed by atoms with Crippen molar-refractivity contribution in [1.82, 2.24) is 24.9 Å². The monoisotopic (exact) mass is 584 g/mol. The van der Waals surface area contributed by atoms with Crippen LogP contribution >= 0.6 is 34.2 Å². The van der Waals surface area contributed by atoms with E-state index in [0.29, 0.717) is 0 Å². The quantitative estimate of drug-likeness (QED) is 0.347. The lowest BCUT2D eigenvalue weighted by Crippen LogP contribution is -2.49. The predicted octanol–water partition coefficient (Wildman–Crippen LogP) is 4.55. The Morgan fingerprint density at radius 3 is 2.78 bits per heavy atom. The molecule has 1 saturated heterocycles. The molecule has 32 heavy (non-hydrogen) atoms. The number of benzene rings is 1. The van der Waals surface area contributed by atoms with Gasteiger partial charge in [-0.3, -0.25) is 5.10 Å². The van der Waals surface area contributed by atoms with Gasteiger partial charge in [0.1, 0.15) is 16.1 Å². The van der Waals surface area contributed by atoms with Gasteiger partial charge in [-0.25, -0.2) is 9.97 Å². The molecular formula is C22H26ClIN6OS. The summed E-state index contributed by atoms with van der Waals surface area (Å²) in [6.45, 7) is 7.75. The van der Waals surface area contributed by atoms with E-state index in [4.69, 9.17) is 16.6 Å². The molecule has 7 nitrogen and oxygen atoms in total. The highest BCUT2D eigenvalue weighted by Gasteiger charge is 2.50. The van der Waals surface area contributed by atoms with Gasteiger partial charge in [-0.05, 0) is 85.9 Å². The van der Waals surface area contributed by atoms with Crippen LogP contribution in [0.1, 0.15) is 50.8 Å². The first-order chi connectivity index (χ1) is 15.2. The Bertz CT molecular complexity index is 1160. The summed E-state index contributed by atoms with van der Waals surface area (Å²) in [7, 11) is 0. The van der Waals surface area contributed by atoms with Crippen molar-refractivity contribution in [2.24, 2.45) is 5.41 Å². The molecule has 2 aliphatic rings. The second-order valence-electron chi connectivity index (χ2n) is 9.74. The third-order valence-electron chi connectivity index (χ3n) is 6.65. The summed E-state index contributed by atoms with van der Waals surface area (Å²) in [5.41, 5.74) is 4.03. The van der Waals surface area contributed by atoms with Crippen LogP contribution in [0, 0.1) is 9.12 Å². The minimum Gasteiger partial charge on any atom is -0.598 e. The normalized spacial score (nSPS) is 21.3. The molecule has 0 amide bonds. The number of fused-ring (bicyclic) bond motifs is 2. The van der Waals surface area contributed by atoms with Crippen LogP contribution in [0.25, 0.3) is 11.2 Å². The van der Waals surface area contributed by atoms with Crippen LogP contribution in [0.15, 0.2) is 24.4 Å². The van der Waals surface area contributed by atoms with Gasteiger partial charge in [0, 0.05) is 34.9 Å². The zero-order valence-electron chi connectivity index (χ0n) is 18.3. The van der Waals surface area contributed by atoms with Gasteiger partial charge >= 0.3 is 0 Å². The third-order valence-corrected chi connectivity index (χ3v) is 9.20. The average molecular weight is 585 g/mol. The van der Waals surface area contributed by atoms with Gasteiger partial charge in [0.2, 0.25) is 0 Å². The topological polar surface area (TPSA) is 92.8 Å². The van der Waals surface area contributed by atoms with Crippen LogP contribution in [0.5, 0.6) is 0 Å². The molecule has 2 atom stereocenters. The summed E-state index contributed by atoms with van der Waals surface area (Å²) in [6, 6.07) is 6.16. The molecule has 0 unspecified atom stereocenters. The molecular weight excluding hydrogens is 559 g/mol. The molecule has 1 spiro atoms. The van der Waals surface area contributed by atoms with Gasteiger partial charge in [0.15, 0.2) is 9.35 Å². The lowest BCUT2D eigenvalue weighted by Gasteiger charge is -2.44. The molecule has 1 fully saturated rings. The first kappa shape index (κ1) is 22.6. The average Bonchev–Trinajstić information content (AvgIpc) is 3.26. The second-order valence-corrected chi connectivity index (χ2v) is 13.2. The molecule has 1 aromatic carbocycles. The number of nitrogens with zero attached hydrogens (tertiary/aromatic N) is 4. The Morgan fingerprint density at radius 2 is 2.06 bits per heavy atom. The summed E-state index contributed by atoms with van der Waals surface area (Å²) in [5, 5.41) is 7.89. The maximum Gasteiger partial charge on any atom is 0.177 e. The van der Waals surface area contributed by atoms with Gasteiger partial charge in [-0.15, -0.1) is 4.72 Å². The number of halogens is 2. The molecule has 3 aromatic rings. The van der Waals surface area contributed by atoms with Crippen molar-refractivity contribution < 1.29 is 4.55 Å². The fourth-order valence-electron chi connectivity index (χ4n) is 4.84. The molecule has 1 aliphatic heterocycles. The van der Waals surface area contributed by atoms with Crippen molar-refractivity contribution in [3.8, 4) is 0 Å². The molecule has 0 radical (unpaired) electrons. The Hall–Kier alpha value is -1.14. The molecule has 2 N–H and O–H groups in total. The van der Waals surface area contributed by atoms with Crippen LogP contribution < -0.4 is 9.62 Å². The van der Waals surface area contributed by atoms with Gasteiger partial charge in [0.05, 0.1) is 12.2 Å². The second kappa shape index (κ2) is 8.26. The molecule has 0 saturated carbocycles. The first-order valence-electron chi connectivity index (χ1n) is 10.7. The molecule has 10 heteroatoms. The number of nitrogens with one attached hydrogen (secondary N) is 2. The minimum atomic E-state index is -1.17. The minimum absolute atomic E-state index is 0.00528. The number of H-pyrrole nitrogens is 1. The fourth-order valence-corrected chi connectivity index (χ4v) is 6.48. The van der Waals surface area contributed by atoms with Crippen molar-refractivity contribution in [3.63, 3.8) is 0 Å². The maximum absolute atomic E-state index is 13.1. The van der Waals surface area contributed by atoms with E-state index in [1.165, 1.54) is 11.1 Å². The van der Waals surface area contributed by atoms with Crippen LogP contribution in [-0.4, -0.2) is 42.6 Å². The summed E-state index contributed by atoms with van der Waals surface area (Å²) >= 11 is 7.35. The van der Waals surface area contributed by atoms with Crippen molar-refractivity contribution in [1.29, 1.82) is 0 Å².